The van der Waals surface area contributed by atoms with Gasteiger partial charge in [-0.1, -0.05) is 12.1 Å². The first-order valence-corrected chi connectivity index (χ1v) is 9.05. The van der Waals surface area contributed by atoms with E-state index < -0.39 is 0 Å². The number of benzene rings is 1. The first kappa shape index (κ1) is 14.5. The summed E-state index contributed by atoms with van der Waals surface area (Å²) in [5.74, 6) is -0.174. The topological polar surface area (TPSA) is 75.2 Å². The van der Waals surface area contributed by atoms with Crippen molar-refractivity contribution in [1.82, 2.24) is 15.0 Å². The lowest BCUT2D eigenvalue weighted by Crippen LogP contribution is -2.35. The van der Waals surface area contributed by atoms with Gasteiger partial charge in [0.2, 0.25) is 0 Å². The van der Waals surface area contributed by atoms with Crippen LogP contribution >= 0.6 is 11.3 Å². The molecule has 124 valence electrons. The first-order chi connectivity index (χ1) is 12.2. The Hall–Kier alpha value is -2.80. The molecular weight excluding hydrogens is 336 g/mol. The van der Waals surface area contributed by atoms with Crippen molar-refractivity contribution in [2.75, 3.05) is 5.43 Å². The van der Waals surface area contributed by atoms with Crippen molar-refractivity contribution >= 4 is 39.2 Å². The predicted molar refractivity (Wildman–Crippen MR) is 94.6 cm³/mol. The minimum absolute atomic E-state index is 0.351. The highest BCUT2D eigenvalue weighted by atomic mass is 32.1. The number of thiophene rings is 1. The third-order valence-electron chi connectivity index (χ3n) is 4.76. The quantitative estimate of drug-likeness (QED) is 0.719. The van der Waals surface area contributed by atoms with Crippen molar-refractivity contribution < 1.29 is 9.59 Å². The van der Waals surface area contributed by atoms with E-state index in [-0.39, 0.29) is 11.8 Å². The van der Waals surface area contributed by atoms with E-state index in [1.807, 2.05) is 0 Å². The molecule has 2 aromatic heterocycles. The number of imide groups is 1. The zero-order chi connectivity index (χ0) is 17.0. The Bertz CT molecular complexity index is 1010. The van der Waals surface area contributed by atoms with Gasteiger partial charge in [0, 0.05) is 4.88 Å². The van der Waals surface area contributed by atoms with Gasteiger partial charge >= 0.3 is 0 Å². The lowest BCUT2D eigenvalue weighted by atomic mass is 9.97. The molecule has 0 saturated carbocycles. The summed E-state index contributed by atoms with van der Waals surface area (Å²) in [6, 6.07) is 6.84. The Morgan fingerprint density at radius 2 is 1.72 bits per heavy atom. The molecule has 3 aromatic rings. The third-order valence-corrected chi connectivity index (χ3v) is 5.96. The normalized spacial score (nSPS) is 16.2. The number of carbonyl (C=O) groups excluding carboxylic acids is 2. The number of aromatic nitrogens is 2. The van der Waals surface area contributed by atoms with Gasteiger partial charge in [0.05, 0.1) is 16.5 Å². The molecule has 25 heavy (non-hydrogen) atoms. The molecular formula is C18H14N4O2S. The fraction of sp³-hybridized carbons (Fsp3) is 0.222. The zero-order valence-corrected chi connectivity index (χ0v) is 14.1. The second-order valence-corrected chi connectivity index (χ2v) is 7.30. The highest BCUT2D eigenvalue weighted by molar-refractivity contribution is 7.19. The van der Waals surface area contributed by atoms with Gasteiger partial charge in [0.25, 0.3) is 11.8 Å². The van der Waals surface area contributed by atoms with Crippen LogP contribution in [0.1, 0.15) is 44.0 Å². The molecule has 0 unspecified atom stereocenters. The molecule has 1 aliphatic carbocycles. The number of hydrogen-bond acceptors (Lipinski definition) is 6. The maximum atomic E-state index is 12.6. The van der Waals surface area contributed by atoms with Gasteiger partial charge in [-0.15, -0.1) is 11.3 Å². The molecule has 2 aliphatic rings. The fourth-order valence-corrected chi connectivity index (χ4v) is 4.80. The standard InChI is InChI=1S/C18H14N4O2S/c23-17-10-5-1-2-6-11(10)18(24)22(17)21-15-14-12-7-3-4-8-13(12)25-16(14)20-9-19-15/h1-2,5-6,9H,3-4,7-8H2,(H,19,20,21). The van der Waals surface area contributed by atoms with Crippen molar-refractivity contribution in [3.05, 3.63) is 52.2 Å². The van der Waals surface area contributed by atoms with Crippen molar-refractivity contribution in [2.24, 2.45) is 0 Å². The van der Waals surface area contributed by atoms with Crippen LogP contribution in [0.2, 0.25) is 0 Å². The van der Waals surface area contributed by atoms with E-state index in [0.29, 0.717) is 16.9 Å². The summed E-state index contributed by atoms with van der Waals surface area (Å²) in [7, 11) is 0. The summed E-state index contributed by atoms with van der Waals surface area (Å²) in [6.07, 6.45) is 5.85. The van der Waals surface area contributed by atoms with Crippen LogP contribution < -0.4 is 5.43 Å². The molecule has 5 rings (SSSR count). The molecule has 0 spiro atoms. The average Bonchev–Trinajstić information content (AvgIpc) is 3.14. The Kier molecular flexibility index (Phi) is 3.11. The van der Waals surface area contributed by atoms with Crippen molar-refractivity contribution in [2.45, 2.75) is 25.7 Å². The second-order valence-electron chi connectivity index (χ2n) is 6.22. The number of anilines is 1. The lowest BCUT2D eigenvalue weighted by Gasteiger charge is -2.17. The Morgan fingerprint density at radius 1 is 1.00 bits per heavy atom. The van der Waals surface area contributed by atoms with Crippen LogP contribution in [0.25, 0.3) is 10.2 Å². The van der Waals surface area contributed by atoms with Crippen molar-refractivity contribution in [1.29, 1.82) is 0 Å². The highest BCUT2D eigenvalue weighted by Crippen LogP contribution is 2.38. The lowest BCUT2D eigenvalue weighted by molar-refractivity contribution is 0.0691. The summed E-state index contributed by atoms with van der Waals surface area (Å²) in [4.78, 5) is 36.1. The van der Waals surface area contributed by atoms with Gasteiger partial charge in [-0.05, 0) is 43.4 Å². The molecule has 1 aromatic carbocycles. The van der Waals surface area contributed by atoms with Crippen LogP contribution in [0.15, 0.2) is 30.6 Å². The van der Waals surface area contributed by atoms with Gasteiger partial charge in [0.1, 0.15) is 11.2 Å². The maximum Gasteiger partial charge on any atom is 0.280 e. The molecule has 1 N–H and O–H groups in total. The van der Waals surface area contributed by atoms with Gasteiger partial charge in [-0.3, -0.25) is 15.0 Å². The van der Waals surface area contributed by atoms with E-state index >= 15 is 0 Å². The first-order valence-electron chi connectivity index (χ1n) is 8.24. The molecule has 0 radical (unpaired) electrons. The van der Waals surface area contributed by atoms with Gasteiger partial charge in [-0.25, -0.2) is 9.97 Å². The highest BCUT2D eigenvalue weighted by Gasteiger charge is 2.36. The van der Waals surface area contributed by atoms with Crippen LogP contribution in [0.4, 0.5) is 5.82 Å². The number of carbonyl (C=O) groups is 2. The molecule has 0 bridgehead atoms. The molecule has 0 fully saturated rings. The van der Waals surface area contributed by atoms with E-state index in [4.69, 9.17) is 0 Å². The van der Waals surface area contributed by atoms with E-state index in [1.54, 1.807) is 35.6 Å². The summed E-state index contributed by atoms with van der Waals surface area (Å²) in [6.45, 7) is 0. The van der Waals surface area contributed by atoms with Crippen LogP contribution in [0.5, 0.6) is 0 Å². The predicted octanol–water partition coefficient (Wildman–Crippen LogP) is 3.19. The zero-order valence-electron chi connectivity index (χ0n) is 13.3. The Labute approximate surface area is 147 Å². The van der Waals surface area contributed by atoms with Crippen LogP contribution in [-0.2, 0) is 12.8 Å². The number of hydrazine groups is 1. The van der Waals surface area contributed by atoms with E-state index in [2.05, 4.69) is 15.4 Å². The Balaban J connectivity index is 1.58. The van der Waals surface area contributed by atoms with Crippen molar-refractivity contribution in [3.8, 4) is 0 Å². The number of rotatable bonds is 2. The van der Waals surface area contributed by atoms with Crippen molar-refractivity contribution in [3.63, 3.8) is 0 Å². The number of nitrogens with one attached hydrogen (secondary N) is 1. The van der Waals surface area contributed by atoms with Gasteiger partial charge in [-0.2, -0.15) is 5.01 Å². The summed E-state index contributed by atoms with van der Waals surface area (Å²) < 4.78 is 0. The fourth-order valence-electron chi connectivity index (χ4n) is 3.57. The minimum Gasteiger partial charge on any atom is -0.271 e. The largest absolute Gasteiger partial charge is 0.280 e. The van der Waals surface area contributed by atoms with E-state index in [9.17, 15) is 9.59 Å². The van der Waals surface area contributed by atoms with Gasteiger partial charge in [0.15, 0.2) is 5.82 Å². The molecule has 7 heteroatoms. The smallest absolute Gasteiger partial charge is 0.271 e. The van der Waals surface area contributed by atoms with E-state index in [1.165, 1.54) is 23.2 Å². The number of amides is 2. The molecule has 2 amide bonds. The monoisotopic (exact) mass is 350 g/mol. The summed E-state index contributed by atoms with van der Waals surface area (Å²) >= 11 is 1.68. The Morgan fingerprint density at radius 3 is 2.48 bits per heavy atom. The molecule has 6 nitrogen and oxygen atoms in total. The van der Waals surface area contributed by atoms with E-state index in [0.717, 1.165) is 34.5 Å². The maximum absolute atomic E-state index is 12.6. The molecule has 0 saturated heterocycles. The second kappa shape index (κ2) is 5.35. The molecule has 1 aliphatic heterocycles. The third kappa shape index (κ3) is 2.09. The number of fused-ring (bicyclic) bond motifs is 4. The number of hydrogen-bond donors (Lipinski definition) is 1. The number of aryl methyl sites for hydroxylation is 2. The minimum atomic E-state index is -0.351. The number of nitrogens with zero attached hydrogens (tertiary/aromatic N) is 3. The average molecular weight is 350 g/mol. The SMILES string of the molecule is O=C1c2ccccc2C(=O)N1Nc1ncnc2sc3c(c12)CCCC3. The van der Waals surface area contributed by atoms with Crippen LogP contribution in [0.3, 0.4) is 0 Å². The summed E-state index contributed by atoms with van der Waals surface area (Å²) in [5.41, 5.74) is 5.04. The molecule has 0 atom stereocenters. The van der Waals surface area contributed by atoms with Crippen LogP contribution in [0, 0.1) is 0 Å². The molecule has 3 heterocycles. The van der Waals surface area contributed by atoms with Gasteiger partial charge < -0.3 is 0 Å². The summed E-state index contributed by atoms with van der Waals surface area (Å²) in [5, 5.41) is 2.00. The van der Waals surface area contributed by atoms with Crippen LogP contribution in [-0.4, -0.2) is 26.8 Å².